The van der Waals surface area contributed by atoms with Crippen LogP contribution in [0.25, 0.3) is 0 Å². The molecule has 0 fully saturated rings. The van der Waals surface area contributed by atoms with Crippen LogP contribution in [0.3, 0.4) is 0 Å². The van der Waals surface area contributed by atoms with Crippen molar-refractivity contribution >= 4 is 17.5 Å². The molecule has 3 rings (SSSR count). The van der Waals surface area contributed by atoms with E-state index in [-0.39, 0.29) is 18.4 Å². The third-order valence-electron chi connectivity index (χ3n) is 3.93. The summed E-state index contributed by atoms with van der Waals surface area (Å²) in [6.45, 7) is 2.51. The van der Waals surface area contributed by atoms with Gasteiger partial charge in [-0.25, -0.2) is 0 Å². The van der Waals surface area contributed by atoms with Gasteiger partial charge in [0, 0.05) is 13.0 Å². The maximum Gasteiger partial charge on any atom is 0.262 e. The van der Waals surface area contributed by atoms with Crippen molar-refractivity contribution in [2.24, 2.45) is 0 Å². The van der Waals surface area contributed by atoms with Gasteiger partial charge in [0.25, 0.3) is 5.91 Å². The number of anilines is 1. The number of hydrogen-bond acceptors (Lipinski definition) is 3. The molecule has 0 aliphatic carbocycles. The van der Waals surface area contributed by atoms with Gasteiger partial charge >= 0.3 is 0 Å². The van der Waals surface area contributed by atoms with E-state index in [1.54, 1.807) is 0 Å². The van der Waals surface area contributed by atoms with Gasteiger partial charge in [-0.05, 0) is 36.6 Å². The van der Waals surface area contributed by atoms with E-state index in [0.717, 1.165) is 17.5 Å². The molecule has 2 N–H and O–H groups in total. The first kappa shape index (κ1) is 16.1. The highest BCUT2D eigenvalue weighted by atomic mass is 16.5. The third kappa shape index (κ3) is 4.13. The van der Waals surface area contributed by atoms with Crippen molar-refractivity contribution < 1.29 is 14.3 Å². The van der Waals surface area contributed by atoms with Crippen LogP contribution in [0.1, 0.15) is 23.1 Å². The Kier molecular flexibility index (Phi) is 4.79. The number of nitrogens with one attached hydrogen (secondary N) is 2. The highest BCUT2D eigenvalue weighted by Gasteiger charge is 2.15. The SMILES string of the molecule is Cc1ccc(CCC(=O)NCc2ccc3c(c2)NC(=O)CO3)cc1. The van der Waals surface area contributed by atoms with Crippen molar-refractivity contribution in [2.75, 3.05) is 11.9 Å². The molecule has 0 atom stereocenters. The Morgan fingerprint density at radius 2 is 1.92 bits per heavy atom. The molecule has 2 aromatic carbocycles. The van der Waals surface area contributed by atoms with Gasteiger partial charge in [0.15, 0.2) is 6.61 Å². The highest BCUT2D eigenvalue weighted by Crippen LogP contribution is 2.28. The summed E-state index contributed by atoms with van der Waals surface area (Å²) in [6.07, 6.45) is 1.17. The fraction of sp³-hybridized carbons (Fsp3) is 0.263. The Bertz CT molecular complexity index is 754. The van der Waals surface area contributed by atoms with Crippen LogP contribution >= 0.6 is 0 Å². The molecule has 24 heavy (non-hydrogen) atoms. The molecule has 2 amide bonds. The summed E-state index contributed by atoms with van der Waals surface area (Å²) in [5.41, 5.74) is 3.94. The molecule has 1 heterocycles. The average Bonchev–Trinajstić information content (AvgIpc) is 2.59. The summed E-state index contributed by atoms with van der Waals surface area (Å²) in [5.74, 6) is 0.499. The maximum absolute atomic E-state index is 12.0. The summed E-state index contributed by atoms with van der Waals surface area (Å²) < 4.78 is 5.31. The molecule has 0 bridgehead atoms. The molecule has 0 spiro atoms. The Hall–Kier alpha value is -2.82. The Labute approximate surface area is 141 Å². The molecule has 124 valence electrons. The van der Waals surface area contributed by atoms with Crippen LogP contribution in [0, 0.1) is 6.92 Å². The van der Waals surface area contributed by atoms with E-state index >= 15 is 0 Å². The largest absolute Gasteiger partial charge is 0.482 e. The molecular formula is C19H20N2O3. The fourth-order valence-corrected chi connectivity index (χ4v) is 2.54. The molecule has 0 saturated carbocycles. The second-order valence-corrected chi connectivity index (χ2v) is 5.93. The topological polar surface area (TPSA) is 67.4 Å². The molecule has 5 heteroatoms. The normalized spacial score (nSPS) is 12.8. The minimum Gasteiger partial charge on any atom is -0.482 e. The van der Waals surface area contributed by atoms with Crippen LogP contribution in [0.5, 0.6) is 5.75 Å². The van der Waals surface area contributed by atoms with Crippen LogP contribution < -0.4 is 15.4 Å². The van der Waals surface area contributed by atoms with Gasteiger partial charge in [-0.2, -0.15) is 0 Å². The second-order valence-electron chi connectivity index (χ2n) is 5.93. The molecule has 0 radical (unpaired) electrons. The number of ether oxygens (including phenoxy) is 1. The van der Waals surface area contributed by atoms with Gasteiger partial charge < -0.3 is 15.4 Å². The first-order valence-corrected chi connectivity index (χ1v) is 7.98. The predicted octanol–water partition coefficient (Wildman–Crippen LogP) is 2.57. The smallest absolute Gasteiger partial charge is 0.262 e. The third-order valence-corrected chi connectivity index (χ3v) is 3.93. The van der Waals surface area contributed by atoms with E-state index in [9.17, 15) is 9.59 Å². The van der Waals surface area contributed by atoms with Crippen LogP contribution in [-0.4, -0.2) is 18.4 Å². The summed E-state index contributed by atoms with van der Waals surface area (Å²) >= 11 is 0. The van der Waals surface area contributed by atoms with Crippen molar-refractivity contribution in [2.45, 2.75) is 26.3 Å². The minimum atomic E-state index is -0.165. The number of carbonyl (C=O) groups excluding carboxylic acids is 2. The zero-order valence-electron chi connectivity index (χ0n) is 13.6. The second kappa shape index (κ2) is 7.17. The number of hydrogen-bond donors (Lipinski definition) is 2. The number of fused-ring (bicyclic) bond motifs is 1. The zero-order valence-corrected chi connectivity index (χ0v) is 13.6. The predicted molar refractivity (Wildman–Crippen MR) is 91.9 cm³/mol. The van der Waals surface area contributed by atoms with Gasteiger partial charge in [0.05, 0.1) is 5.69 Å². The number of rotatable bonds is 5. The van der Waals surface area contributed by atoms with Gasteiger partial charge in [0.1, 0.15) is 5.75 Å². The van der Waals surface area contributed by atoms with Crippen molar-refractivity contribution in [1.29, 1.82) is 0 Å². The number of amides is 2. The Morgan fingerprint density at radius 1 is 1.17 bits per heavy atom. The molecule has 0 saturated heterocycles. The lowest BCUT2D eigenvalue weighted by Crippen LogP contribution is -2.26. The molecule has 5 nitrogen and oxygen atoms in total. The van der Waals surface area contributed by atoms with Crippen molar-refractivity contribution in [3.8, 4) is 5.75 Å². The van der Waals surface area contributed by atoms with E-state index in [2.05, 4.69) is 34.9 Å². The number of benzene rings is 2. The summed E-state index contributed by atoms with van der Waals surface area (Å²) in [7, 11) is 0. The van der Waals surface area contributed by atoms with Crippen molar-refractivity contribution in [1.82, 2.24) is 5.32 Å². The van der Waals surface area contributed by atoms with Gasteiger partial charge in [-0.15, -0.1) is 0 Å². The highest BCUT2D eigenvalue weighted by molar-refractivity contribution is 5.95. The van der Waals surface area contributed by atoms with E-state index in [1.165, 1.54) is 5.56 Å². The fourth-order valence-electron chi connectivity index (χ4n) is 2.54. The zero-order chi connectivity index (χ0) is 16.9. The number of aryl methyl sites for hydroxylation is 2. The minimum absolute atomic E-state index is 0.00795. The van der Waals surface area contributed by atoms with Crippen LogP contribution in [0.2, 0.25) is 0 Å². The average molecular weight is 324 g/mol. The lowest BCUT2D eigenvalue weighted by Gasteiger charge is -2.18. The molecule has 1 aliphatic heterocycles. The first-order valence-electron chi connectivity index (χ1n) is 7.98. The maximum atomic E-state index is 12.0. The lowest BCUT2D eigenvalue weighted by atomic mass is 10.1. The quantitative estimate of drug-likeness (QED) is 0.888. The van der Waals surface area contributed by atoms with E-state index in [0.29, 0.717) is 24.4 Å². The van der Waals surface area contributed by atoms with E-state index in [4.69, 9.17) is 4.74 Å². The van der Waals surface area contributed by atoms with Gasteiger partial charge in [-0.1, -0.05) is 35.9 Å². The first-order chi connectivity index (χ1) is 11.6. The number of carbonyl (C=O) groups is 2. The molecule has 1 aliphatic rings. The Balaban J connectivity index is 1.50. The molecule has 2 aromatic rings. The monoisotopic (exact) mass is 324 g/mol. The van der Waals surface area contributed by atoms with Crippen LogP contribution in [-0.2, 0) is 22.6 Å². The van der Waals surface area contributed by atoms with E-state index in [1.807, 2.05) is 25.1 Å². The molecule has 0 aromatic heterocycles. The standard InChI is InChI=1S/C19H20N2O3/c1-13-2-4-14(5-3-13)7-9-18(22)20-11-15-6-8-17-16(10-15)21-19(23)12-24-17/h2-6,8,10H,7,9,11-12H2,1H3,(H,20,22)(H,21,23). The summed E-state index contributed by atoms with van der Waals surface area (Å²) in [6, 6.07) is 13.7. The van der Waals surface area contributed by atoms with Crippen LogP contribution in [0.4, 0.5) is 5.69 Å². The molecule has 0 unspecified atom stereocenters. The van der Waals surface area contributed by atoms with E-state index < -0.39 is 0 Å². The van der Waals surface area contributed by atoms with Crippen molar-refractivity contribution in [3.63, 3.8) is 0 Å². The van der Waals surface area contributed by atoms with Crippen LogP contribution in [0.15, 0.2) is 42.5 Å². The summed E-state index contributed by atoms with van der Waals surface area (Å²) in [4.78, 5) is 23.3. The van der Waals surface area contributed by atoms with Gasteiger partial charge in [0.2, 0.25) is 5.91 Å². The lowest BCUT2D eigenvalue weighted by molar-refractivity contribution is -0.121. The van der Waals surface area contributed by atoms with Crippen molar-refractivity contribution in [3.05, 3.63) is 59.2 Å². The Morgan fingerprint density at radius 3 is 2.71 bits per heavy atom. The summed E-state index contributed by atoms with van der Waals surface area (Å²) in [5, 5.41) is 5.67. The van der Waals surface area contributed by atoms with Gasteiger partial charge in [-0.3, -0.25) is 9.59 Å². The molecular weight excluding hydrogens is 304 g/mol.